The molecule has 0 radical (unpaired) electrons. The van der Waals surface area contributed by atoms with Gasteiger partial charge in [-0.2, -0.15) is 0 Å². The van der Waals surface area contributed by atoms with Crippen molar-refractivity contribution >= 4 is 11.9 Å². The van der Waals surface area contributed by atoms with E-state index in [1.165, 1.54) is 0 Å². The van der Waals surface area contributed by atoms with E-state index in [1.807, 2.05) is 24.3 Å². The van der Waals surface area contributed by atoms with Crippen molar-refractivity contribution in [1.82, 2.24) is 10.6 Å². The van der Waals surface area contributed by atoms with Crippen LogP contribution in [0.1, 0.15) is 37.9 Å². The van der Waals surface area contributed by atoms with E-state index in [0.29, 0.717) is 6.54 Å². The zero-order valence-electron chi connectivity index (χ0n) is 12.6. The number of benzene rings is 1. The van der Waals surface area contributed by atoms with E-state index in [4.69, 9.17) is 0 Å². The Morgan fingerprint density at radius 3 is 2.62 bits per heavy atom. The van der Waals surface area contributed by atoms with Gasteiger partial charge in [0.05, 0.1) is 0 Å². The first-order valence-electron chi connectivity index (χ1n) is 7.15. The summed E-state index contributed by atoms with van der Waals surface area (Å²) in [7, 11) is 0. The molecule has 2 unspecified atom stereocenters. The third-order valence-electron chi connectivity index (χ3n) is 3.77. The Balaban J connectivity index is 2.20. The Bertz CT molecular complexity index is 549. The van der Waals surface area contributed by atoms with Crippen molar-refractivity contribution in [2.75, 3.05) is 6.54 Å². The van der Waals surface area contributed by atoms with Crippen molar-refractivity contribution < 1.29 is 14.7 Å². The molecule has 1 aromatic rings. The summed E-state index contributed by atoms with van der Waals surface area (Å²) in [4.78, 5) is 23.9. The van der Waals surface area contributed by atoms with Crippen molar-refractivity contribution in [2.24, 2.45) is 5.41 Å². The predicted octanol–water partition coefficient (Wildman–Crippen LogP) is 1.49. The number of rotatable bonds is 3. The zero-order chi connectivity index (χ0) is 15.6. The van der Waals surface area contributed by atoms with Gasteiger partial charge in [0.25, 0.3) is 0 Å². The van der Waals surface area contributed by atoms with Crippen LogP contribution in [0, 0.1) is 5.41 Å². The number of nitrogens with one attached hydrogen (secondary N) is 2. The van der Waals surface area contributed by atoms with Gasteiger partial charge in [-0.05, 0) is 23.0 Å². The monoisotopic (exact) mass is 290 g/mol. The Morgan fingerprint density at radius 2 is 2.00 bits per heavy atom. The van der Waals surface area contributed by atoms with Gasteiger partial charge in [-0.1, -0.05) is 45.0 Å². The Morgan fingerprint density at radius 1 is 1.33 bits per heavy atom. The molecule has 1 amide bonds. The van der Waals surface area contributed by atoms with Crippen LogP contribution in [0.15, 0.2) is 24.3 Å². The number of carbonyl (C=O) groups excluding carboxylic acids is 1. The van der Waals surface area contributed by atoms with E-state index >= 15 is 0 Å². The lowest BCUT2D eigenvalue weighted by Crippen LogP contribution is -2.52. The highest BCUT2D eigenvalue weighted by Crippen LogP contribution is 2.25. The summed E-state index contributed by atoms with van der Waals surface area (Å²) in [5.74, 6) is -1.30. The minimum absolute atomic E-state index is 0.288. The molecule has 0 spiro atoms. The van der Waals surface area contributed by atoms with Crippen molar-refractivity contribution in [3.05, 3.63) is 35.4 Å². The van der Waals surface area contributed by atoms with E-state index in [9.17, 15) is 14.7 Å². The molecule has 0 saturated heterocycles. The molecule has 0 bridgehead atoms. The average Bonchev–Trinajstić information content (AvgIpc) is 2.42. The second-order valence-corrected chi connectivity index (χ2v) is 6.48. The highest BCUT2D eigenvalue weighted by atomic mass is 16.4. The number of fused-ring (bicyclic) bond motifs is 1. The molecule has 0 saturated carbocycles. The third-order valence-corrected chi connectivity index (χ3v) is 3.77. The van der Waals surface area contributed by atoms with Crippen LogP contribution in [0.25, 0.3) is 0 Å². The zero-order valence-corrected chi connectivity index (χ0v) is 12.6. The molecule has 1 aliphatic rings. The quantitative estimate of drug-likeness (QED) is 0.788. The molecule has 3 N–H and O–H groups in total. The molecule has 2 rings (SSSR count). The van der Waals surface area contributed by atoms with Crippen molar-refractivity contribution in [2.45, 2.75) is 39.3 Å². The number of amides is 1. The SMILES string of the molecule is CC(C)(C)C(NC(=O)C1NCCc2ccccc21)C(=O)O. The maximum atomic E-state index is 12.5. The number of aliphatic carboxylic acids is 1. The normalized spacial score (nSPS) is 19.5. The summed E-state index contributed by atoms with van der Waals surface area (Å²) in [6.45, 7) is 6.11. The van der Waals surface area contributed by atoms with Gasteiger partial charge in [0, 0.05) is 6.54 Å². The van der Waals surface area contributed by atoms with Crippen LogP contribution in [0.2, 0.25) is 0 Å². The fourth-order valence-corrected chi connectivity index (χ4v) is 2.61. The second kappa shape index (κ2) is 5.85. The molecule has 5 heteroatoms. The minimum atomic E-state index is -1.01. The van der Waals surface area contributed by atoms with Crippen LogP contribution in [-0.2, 0) is 16.0 Å². The van der Waals surface area contributed by atoms with Crippen molar-refractivity contribution in [1.29, 1.82) is 0 Å². The van der Waals surface area contributed by atoms with Gasteiger partial charge in [-0.15, -0.1) is 0 Å². The van der Waals surface area contributed by atoms with Gasteiger partial charge in [0.2, 0.25) is 5.91 Å². The predicted molar refractivity (Wildman–Crippen MR) is 79.9 cm³/mol. The largest absolute Gasteiger partial charge is 0.480 e. The number of hydrogen-bond acceptors (Lipinski definition) is 3. The van der Waals surface area contributed by atoms with Gasteiger partial charge < -0.3 is 15.7 Å². The first kappa shape index (κ1) is 15.5. The lowest BCUT2D eigenvalue weighted by molar-refractivity contribution is -0.145. The smallest absolute Gasteiger partial charge is 0.326 e. The molecule has 2 atom stereocenters. The van der Waals surface area contributed by atoms with E-state index in [1.54, 1.807) is 20.8 Å². The molecule has 5 nitrogen and oxygen atoms in total. The highest BCUT2D eigenvalue weighted by Gasteiger charge is 2.35. The molecule has 0 fully saturated rings. The van der Waals surface area contributed by atoms with E-state index < -0.39 is 23.5 Å². The molecule has 114 valence electrons. The fourth-order valence-electron chi connectivity index (χ4n) is 2.61. The number of carboxylic acid groups (broad SMARTS) is 1. The summed E-state index contributed by atoms with van der Waals surface area (Å²) in [6.07, 6.45) is 0.877. The summed E-state index contributed by atoms with van der Waals surface area (Å²) in [5, 5.41) is 15.1. The molecule has 21 heavy (non-hydrogen) atoms. The molecular weight excluding hydrogens is 268 g/mol. The molecular formula is C16H22N2O3. The van der Waals surface area contributed by atoms with Crippen molar-refractivity contribution in [3.8, 4) is 0 Å². The Hall–Kier alpha value is -1.88. The van der Waals surface area contributed by atoms with Crippen LogP contribution in [0.5, 0.6) is 0 Å². The molecule has 0 aromatic heterocycles. The summed E-state index contributed by atoms with van der Waals surface area (Å²) in [6, 6.07) is 6.37. The lowest BCUT2D eigenvalue weighted by Gasteiger charge is -2.31. The van der Waals surface area contributed by atoms with Crippen LogP contribution < -0.4 is 10.6 Å². The number of carbonyl (C=O) groups is 2. The molecule has 0 aliphatic carbocycles. The highest BCUT2D eigenvalue weighted by molar-refractivity contribution is 5.88. The Kier molecular flexibility index (Phi) is 4.32. The average molecular weight is 290 g/mol. The minimum Gasteiger partial charge on any atom is -0.480 e. The summed E-state index contributed by atoms with van der Waals surface area (Å²) >= 11 is 0. The number of hydrogen-bond donors (Lipinski definition) is 3. The first-order chi connectivity index (χ1) is 9.80. The van der Waals surface area contributed by atoms with Crippen LogP contribution in [0.3, 0.4) is 0 Å². The van der Waals surface area contributed by atoms with Crippen molar-refractivity contribution in [3.63, 3.8) is 0 Å². The fraction of sp³-hybridized carbons (Fsp3) is 0.500. The Labute approximate surface area is 124 Å². The van der Waals surface area contributed by atoms with Gasteiger partial charge in [-0.25, -0.2) is 4.79 Å². The number of carboxylic acids is 1. The summed E-state index contributed by atoms with van der Waals surface area (Å²) in [5.41, 5.74) is 1.52. The molecule has 1 aliphatic heterocycles. The van der Waals surface area contributed by atoms with Crippen LogP contribution in [-0.4, -0.2) is 29.6 Å². The van der Waals surface area contributed by atoms with Gasteiger partial charge in [0.15, 0.2) is 0 Å². The van der Waals surface area contributed by atoms with E-state index in [-0.39, 0.29) is 5.91 Å². The standard InChI is InChI=1S/C16H22N2O3/c1-16(2,3)13(15(20)21)18-14(19)12-11-7-5-4-6-10(11)8-9-17-12/h4-7,12-13,17H,8-9H2,1-3H3,(H,18,19)(H,20,21). The topological polar surface area (TPSA) is 78.4 Å². The summed E-state index contributed by atoms with van der Waals surface area (Å²) < 4.78 is 0. The van der Waals surface area contributed by atoms with Crippen LogP contribution >= 0.6 is 0 Å². The van der Waals surface area contributed by atoms with E-state index in [2.05, 4.69) is 10.6 Å². The molecule has 1 heterocycles. The van der Waals surface area contributed by atoms with Gasteiger partial charge >= 0.3 is 5.97 Å². The van der Waals surface area contributed by atoms with Gasteiger partial charge in [-0.3, -0.25) is 4.79 Å². The van der Waals surface area contributed by atoms with E-state index in [0.717, 1.165) is 17.5 Å². The maximum Gasteiger partial charge on any atom is 0.326 e. The van der Waals surface area contributed by atoms with Gasteiger partial charge in [0.1, 0.15) is 12.1 Å². The lowest BCUT2D eigenvalue weighted by atomic mass is 9.86. The molecule has 1 aromatic carbocycles. The first-order valence-corrected chi connectivity index (χ1v) is 7.15. The van der Waals surface area contributed by atoms with Crippen LogP contribution in [0.4, 0.5) is 0 Å². The maximum absolute atomic E-state index is 12.5. The second-order valence-electron chi connectivity index (χ2n) is 6.48. The third kappa shape index (κ3) is 3.42.